The van der Waals surface area contributed by atoms with Crippen molar-refractivity contribution in [3.05, 3.63) is 59.4 Å². The molecule has 1 heterocycles. The van der Waals surface area contributed by atoms with E-state index in [-0.39, 0.29) is 10.8 Å². The van der Waals surface area contributed by atoms with Crippen LogP contribution in [0.25, 0.3) is 11.4 Å². The molecule has 0 radical (unpaired) electrons. The highest BCUT2D eigenvalue weighted by molar-refractivity contribution is 7.89. The fourth-order valence-corrected chi connectivity index (χ4v) is 3.56. The molecule has 0 aliphatic rings. The molecule has 3 rings (SSSR count). The zero-order valence-electron chi connectivity index (χ0n) is 14.0. The lowest BCUT2D eigenvalue weighted by Crippen LogP contribution is -2.27. The zero-order valence-corrected chi connectivity index (χ0v) is 15.6. The molecule has 0 unspecified atom stereocenters. The van der Waals surface area contributed by atoms with Crippen molar-refractivity contribution >= 4 is 21.6 Å². The van der Waals surface area contributed by atoms with E-state index in [1.807, 2.05) is 0 Å². The first-order chi connectivity index (χ1) is 12.4. The summed E-state index contributed by atoms with van der Waals surface area (Å²) in [5, 5.41) is 4.48. The predicted molar refractivity (Wildman–Crippen MR) is 96.5 cm³/mol. The summed E-state index contributed by atoms with van der Waals surface area (Å²) in [6, 6.07) is 12.3. The van der Waals surface area contributed by atoms with E-state index in [0.717, 1.165) is 5.56 Å². The van der Waals surface area contributed by atoms with E-state index in [4.69, 9.17) is 20.9 Å². The van der Waals surface area contributed by atoms with Gasteiger partial charge in [-0.25, -0.2) is 8.42 Å². The van der Waals surface area contributed by atoms with Gasteiger partial charge in [-0.1, -0.05) is 16.8 Å². The molecule has 136 valence electrons. The van der Waals surface area contributed by atoms with Gasteiger partial charge in [0.2, 0.25) is 21.7 Å². The molecule has 26 heavy (non-hydrogen) atoms. The van der Waals surface area contributed by atoms with E-state index >= 15 is 0 Å². The summed E-state index contributed by atoms with van der Waals surface area (Å²) in [6.45, 7) is 1.63. The fraction of sp³-hybridized carbons (Fsp3) is 0.176. The number of hydrogen-bond acceptors (Lipinski definition) is 6. The number of nitrogens with one attached hydrogen (secondary N) is 1. The molecule has 9 heteroatoms. The molecule has 7 nitrogen and oxygen atoms in total. The molecule has 0 fully saturated rings. The largest absolute Gasteiger partial charge is 0.497 e. The van der Waals surface area contributed by atoms with Gasteiger partial charge < -0.3 is 9.26 Å². The molecule has 3 aromatic rings. The van der Waals surface area contributed by atoms with Crippen molar-refractivity contribution < 1.29 is 17.7 Å². The van der Waals surface area contributed by atoms with Gasteiger partial charge in [-0.05, 0) is 55.5 Å². The van der Waals surface area contributed by atoms with Gasteiger partial charge in [-0.15, -0.1) is 0 Å². The molecule has 0 aliphatic heterocycles. The number of aromatic nitrogens is 2. The van der Waals surface area contributed by atoms with Gasteiger partial charge in [0.05, 0.1) is 18.0 Å². The minimum atomic E-state index is -3.74. The average molecular weight is 394 g/mol. The van der Waals surface area contributed by atoms with Gasteiger partial charge >= 0.3 is 0 Å². The zero-order chi connectivity index (χ0) is 18.7. The van der Waals surface area contributed by atoms with Crippen LogP contribution in [0, 0.1) is 0 Å². The molecular weight excluding hydrogens is 378 g/mol. The van der Waals surface area contributed by atoms with Crippen molar-refractivity contribution in [3.63, 3.8) is 0 Å². The normalized spacial score (nSPS) is 12.7. The van der Waals surface area contributed by atoms with Crippen LogP contribution in [-0.4, -0.2) is 25.7 Å². The van der Waals surface area contributed by atoms with Crippen LogP contribution in [0.5, 0.6) is 5.75 Å². The number of benzene rings is 2. The summed E-state index contributed by atoms with van der Waals surface area (Å²) in [7, 11) is -2.23. The molecule has 2 aromatic carbocycles. The van der Waals surface area contributed by atoms with E-state index in [1.165, 1.54) is 19.2 Å². The Kier molecular flexibility index (Phi) is 5.26. The van der Waals surface area contributed by atoms with Crippen LogP contribution in [0.3, 0.4) is 0 Å². The highest BCUT2D eigenvalue weighted by atomic mass is 35.5. The maximum Gasteiger partial charge on any atom is 0.244 e. The Balaban J connectivity index is 1.76. The minimum absolute atomic E-state index is 0.114. The van der Waals surface area contributed by atoms with Crippen molar-refractivity contribution in [2.75, 3.05) is 7.11 Å². The highest BCUT2D eigenvalue weighted by Crippen LogP contribution is 2.22. The number of methoxy groups -OCH3 is 1. The maximum absolute atomic E-state index is 12.5. The SMILES string of the molecule is COc1ccc(S(=O)(=O)N[C@@H](C)c2nc(-c3ccc(Cl)cc3)no2)cc1. The number of rotatable bonds is 6. The molecule has 1 atom stereocenters. The van der Waals surface area contributed by atoms with Crippen LogP contribution < -0.4 is 9.46 Å². The monoisotopic (exact) mass is 393 g/mol. The lowest BCUT2D eigenvalue weighted by Gasteiger charge is -2.11. The van der Waals surface area contributed by atoms with Gasteiger partial charge in [-0.2, -0.15) is 9.71 Å². The van der Waals surface area contributed by atoms with Gasteiger partial charge in [-0.3, -0.25) is 0 Å². The highest BCUT2D eigenvalue weighted by Gasteiger charge is 2.22. The Morgan fingerprint density at radius 1 is 1.12 bits per heavy atom. The first-order valence-electron chi connectivity index (χ1n) is 7.65. The quantitative estimate of drug-likeness (QED) is 0.689. The second-order valence-electron chi connectivity index (χ2n) is 5.48. The van der Waals surface area contributed by atoms with Crippen molar-refractivity contribution in [1.29, 1.82) is 0 Å². The Hall–Kier alpha value is -2.42. The topological polar surface area (TPSA) is 94.3 Å². The molecule has 0 saturated carbocycles. The van der Waals surface area contributed by atoms with Crippen LogP contribution >= 0.6 is 11.6 Å². The smallest absolute Gasteiger partial charge is 0.244 e. The summed E-state index contributed by atoms with van der Waals surface area (Å²) < 4.78 is 37.7. The summed E-state index contributed by atoms with van der Waals surface area (Å²) in [4.78, 5) is 4.36. The van der Waals surface area contributed by atoms with Crippen LogP contribution in [0.4, 0.5) is 0 Å². The van der Waals surface area contributed by atoms with E-state index in [1.54, 1.807) is 43.3 Å². The molecule has 0 spiro atoms. The third-order valence-electron chi connectivity index (χ3n) is 3.62. The first kappa shape index (κ1) is 18.4. The lowest BCUT2D eigenvalue weighted by molar-refractivity contribution is 0.354. The number of nitrogens with zero attached hydrogens (tertiary/aromatic N) is 2. The van der Waals surface area contributed by atoms with Crippen LogP contribution in [0.2, 0.25) is 5.02 Å². The molecule has 1 aromatic heterocycles. The molecule has 1 N–H and O–H groups in total. The summed E-state index contributed by atoms with van der Waals surface area (Å²) >= 11 is 5.86. The van der Waals surface area contributed by atoms with Gasteiger partial charge in [0.1, 0.15) is 5.75 Å². The fourth-order valence-electron chi connectivity index (χ4n) is 2.23. The van der Waals surface area contributed by atoms with Crippen molar-refractivity contribution in [2.24, 2.45) is 0 Å². The number of sulfonamides is 1. The molecular formula is C17H16ClN3O4S. The third-order valence-corrected chi connectivity index (χ3v) is 5.42. The van der Waals surface area contributed by atoms with Gasteiger partial charge in [0.15, 0.2) is 0 Å². The minimum Gasteiger partial charge on any atom is -0.497 e. The first-order valence-corrected chi connectivity index (χ1v) is 9.51. The van der Waals surface area contributed by atoms with Gasteiger partial charge in [0.25, 0.3) is 0 Å². The van der Waals surface area contributed by atoms with Crippen LogP contribution in [0.1, 0.15) is 18.9 Å². The van der Waals surface area contributed by atoms with Crippen molar-refractivity contribution in [3.8, 4) is 17.1 Å². The van der Waals surface area contributed by atoms with Crippen molar-refractivity contribution in [1.82, 2.24) is 14.9 Å². The second kappa shape index (κ2) is 7.45. The molecule has 0 amide bonds. The Morgan fingerprint density at radius 3 is 2.38 bits per heavy atom. The molecule has 0 aliphatic carbocycles. The molecule has 0 bridgehead atoms. The summed E-state index contributed by atoms with van der Waals surface area (Å²) in [5.41, 5.74) is 0.717. The third kappa shape index (κ3) is 4.04. The van der Waals surface area contributed by atoms with Crippen LogP contribution in [0.15, 0.2) is 57.9 Å². The van der Waals surface area contributed by atoms with Crippen LogP contribution in [-0.2, 0) is 10.0 Å². The Labute approximate surface area is 156 Å². The standard InChI is InChI=1S/C17H16ClN3O4S/c1-11(21-26(22,23)15-9-7-14(24-2)8-10-15)17-19-16(20-25-17)12-3-5-13(18)6-4-12/h3-11,21H,1-2H3/t11-/m0/s1. The van der Waals surface area contributed by atoms with E-state index < -0.39 is 16.1 Å². The maximum atomic E-state index is 12.5. The number of hydrogen-bond donors (Lipinski definition) is 1. The Morgan fingerprint density at radius 2 is 1.77 bits per heavy atom. The summed E-state index contributed by atoms with van der Waals surface area (Å²) in [6.07, 6.45) is 0. The van der Waals surface area contributed by atoms with E-state index in [2.05, 4.69) is 14.9 Å². The number of halogens is 1. The number of ether oxygens (including phenoxy) is 1. The molecule has 0 saturated heterocycles. The van der Waals surface area contributed by atoms with E-state index in [9.17, 15) is 8.42 Å². The lowest BCUT2D eigenvalue weighted by atomic mass is 10.2. The van der Waals surface area contributed by atoms with Crippen molar-refractivity contribution in [2.45, 2.75) is 17.9 Å². The average Bonchev–Trinajstić information content (AvgIpc) is 3.12. The van der Waals surface area contributed by atoms with Gasteiger partial charge in [0, 0.05) is 10.6 Å². The predicted octanol–water partition coefficient (Wildman–Crippen LogP) is 3.44. The second-order valence-corrected chi connectivity index (χ2v) is 7.63. The Bertz CT molecular complexity index is 986. The summed E-state index contributed by atoms with van der Waals surface area (Å²) in [5.74, 6) is 1.08. The van der Waals surface area contributed by atoms with E-state index in [0.29, 0.717) is 16.6 Å².